The van der Waals surface area contributed by atoms with Gasteiger partial charge in [-0.1, -0.05) is 13.8 Å². The lowest BCUT2D eigenvalue weighted by molar-refractivity contribution is -0.147. The van der Waals surface area contributed by atoms with E-state index in [1.54, 1.807) is 13.8 Å². The number of carbonyl (C=O) groups excluding carboxylic acids is 1. The molecule has 0 bridgehead atoms. The molecule has 24 heavy (non-hydrogen) atoms. The molecule has 0 spiro atoms. The SMILES string of the molecule is C/C(F)=C/[C@@H]1[C@@H](C(=O)OCc2c(F)c(F)c(C)c(F)c2F)C1(C)C. The third-order valence-corrected chi connectivity index (χ3v) is 4.51. The molecule has 2 rings (SSSR count). The zero-order chi connectivity index (χ0) is 18.4. The summed E-state index contributed by atoms with van der Waals surface area (Å²) >= 11 is 0. The van der Waals surface area contributed by atoms with E-state index in [0.717, 1.165) is 6.92 Å². The first-order chi connectivity index (χ1) is 11.0. The number of halogens is 5. The van der Waals surface area contributed by atoms with E-state index >= 15 is 0 Å². The molecule has 0 aliphatic heterocycles. The fourth-order valence-electron chi connectivity index (χ4n) is 2.83. The summed E-state index contributed by atoms with van der Waals surface area (Å²) in [6, 6.07) is 0. The van der Waals surface area contributed by atoms with E-state index in [1.165, 1.54) is 13.0 Å². The number of hydrogen-bond acceptors (Lipinski definition) is 2. The summed E-state index contributed by atoms with van der Waals surface area (Å²) in [7, 11) is 0. The second-order valence-electron chi connectivity index (χ2n) is 6.55. The average molecular weight is 348 g/mol. The fourth-order valence-corrected chi connectivity index (χ4v) is 2.83. The molecule has 1 aliphatic rings. The topological polar surface area (TPSA) is 26.3 Å². The number of hydrogen-bond donors (Lipinski definition) is 0. The first-order valence-electron chi connectivity index (χ1n) is 7.32. The molecule has 1 aromatic rings. The molecule has 2 nitrogen and oxygen atoms in total. The van der Waals surface area contributed by atoms with E-state index in [-0.39, 0.29) is 0 Å². The highest BCUT2D eigenvalue weighted by Crippen LogP contribution is 2.59. The van der Waals surface area contributed by atoms with Gasteiger partial charge in [-0.15, -0.1) is 0 Å². The first kappa shape index (κ1) is 18.4. The van der Waals surface area contributed by atoms with E-state index in [0.29, 0.717) is 0 Å². The van der Waals surface area contributed by atoms with Gasteiger partial charge < -0.3 is 4.74 Å². The maximum Gasteiger partial charge on any atom is 0.310 e. The van der Waals surface area contributed by atoms with Crippen molar-refractivity contribution in [2.24, 2.45) is 17.3 Å². The molecule has 0 N–H and O–H groups in total. The Morgan fingerprint density at radius 2 is 1.62 bits per heavy atom. The van der Waals surface area contributed by atoms with Crippen LogP contribution in [0.3, 0.4) is 0 Å². The quantitative estimate of drug-likeness (QED) is 0.446. The highest BCUT2D eigenvalue weighted by molar-refractivity contribution is 5.78. The highest BCUT2D eigenvalue weighted by Gasteiger charge is 2.61. The summed E-state index contributed by atoms with van der Waals surface area (Å²) in [5.41, 5.74) is -2.34. The van der Waals surface area contributed by atoms with E-state index in [4.69, 9.17) is 4.74 Å². The van der Waals surface area contributed by atoms with Crippen LogP contribution in [0, 0.1) is 47.4 Å². The molecule has 1 aliphatic carbocycles. The number of rotatable bonds is 4. The molecular formula is C17H17F5O2. The summed E-state index contributed by atoms with van der Waals surface area (Å²) < 4.78 is 72.2. The van der Waals surface area contributed by atoms with Gasteiger partial charge in [-0.05, 0) is 31.3 Å². The van der Waals surface area contributed by atoms with Crippen molar-refractivity contribution in [3.63, 3.8) is 0 Å². The van der Waals surface area contributed by atoms with Crippen LogP contribution in [0.1, 0.15) is 31.9 Å². The molecule has 1 fully saturated rings. The average Bonchev–Trinajstić information content (AvgIpc) is 3.02. The molecule has 1 aromatic carbocycles. The Kier molecular flexibility index (Phi) is 4.74. The second-order valence-corrected chi connectivity index (χ2v) is 6.55. The van der Waals surface area contributed by atoms with Crippen LogP contribution >= 0.6 is 0 Å². The lowest BCUT2D eigenvalue weighted by Crippen LogP contribution is -2.14. The zero-order valence-corrected chi connectivity index (χ0v) is 13.6. The number of carbonyl (C=O) groups is 1. The van der Waals surface area contributed by atoms with Crippen LogP contribution in [0.2, 0.25) is 0 Å². The van der Waals surface area contributed by atoms with Crippen molar-refractivity contribution < 1.29 is 31.5 Å². The van der Waals surface area contributed by atoms with Crippen molar-refractivity contribution in [2.45, 2.75) is 34.3 Å². The Bertz CT molecular complexity index is 691. The monoisotopic (exact) mass is 348 g/mol. The molecule has 132 valence electrons. The first-order valence-corrected chi connectivity index (χ1v) is 7.32. The molecule has 1 saturated carbocycles. The Hall–Kier alpha value is -1.92. The van der Waals surface area contributed by atoms with E-state index in [2.05, 4.69) is 0 Å². The van der Waals surface area contributed by atoms with Gasteiger partial charge in [-0.3, -0.25) is 4.79 Å². The van der Waals surface area contributed by atoms with Gasteiger partial charge in [0.15, 0.2) is 23.3 Å². The van der Waals surface area contributed by atoms with Gasteiger partial charge in [0.2, 0.25) is 0 Å². The lowest BCUT2D eigenvalue weighted by Gasteiger charge is -2.10. The lowest BCUT2D eigenvalue weighted by atomic mass is 10.1. The summed E-state index contributed by atoms with van der Waals surface area (Å²) in [5.74, 6) is -8.59. The number of benzene rings is 1. The molecule has 0 unspecified atom stereocenters. The molecule has 0 amide bonds. The fraction of sp³-hybridized carbons (Fsp3) is 0.471. The summed E-state index contributed by atoms with van der Waals surface area (Å²) in [6.07, 6.45) is 1.28. The number of esters is 1. The van der Waals surface area contributed by atoms with Crippen LogP contribution in [0.15, 0.2) is 11.9 Å². The van der Waals surface area contributed by atoms with Gasteiger partial charge >= 0.3 is 5.97 Å². The van der Waals surface area contributed by atoms with Crippen molar-refractivity contribution >= 4 is 5.97 Å². The number of allylic oxidation sites excluding steroid dienone is 2. The van der Waals surface area contributed by atoms with Gasteiger partial charge in [-0.2, -0.15) is 0 Å². The zero-order valence-electron chi connectivity index (χ0n) is 13.6. The molecule has 0 aromatic heterocycles. The smallest absolute Gasteiger partial charge is 0.310 e. The minimum atomic E-state index is -1.59. The van der Waals surface area contributed by atoms with Crippen LogP contribution in [-0.2, 0) is 16.1 Å². The third-order valence-electron chi connectivity index (χ3n) is 4.51. The van der Waals surface area contributed by atoms with Gasteiger partial charge in [0.1, 0.15) is 6.61 Å². The van der Waals surface area contributed by atoms with Crippen LogP contribution in [-0.4, -0.2) is 5.97 Å². The predicted molar refractivity (Wildman–Crippen MR) is 76.4 cm³/mol. The van der Waals surface area contributed by atoms with Crippen LogP contribution in [0.5, 0.6) is 0 Å². The van der Waals surface area contributed by atoms with Gasteiger partial charge in [0.25, 0.3) is 0 Å². The van der Waals surface area contributed by atoms with Gasteiger partial charge in [0.05, 0.1) is 17.3 Å². The van der Waals surface area contributed by atoms with Crippen molar-refractivity contribution in [2.75, 3.05) is 0 Å². The Morgan fingerprint density at radius 3 is 2.08 bits per heavy atom. The maximum absolute atomic E-state index is 13.7. The Morgan fingerprint density at radius 1 is 1.12 bits per heavy atom. The second kappa shape index (κ2) is 6.18. The van der Waals surface area contributed by atoms with Gasteiger partial charge in [-0.25, -0.2) is 22.0 Å². The minimum absolute atomic E-state index is 0.406. The molecule has 0 saturated heterocycles. The van der Waals surface area contributed by atoms with Crippen molar-refractivity contribution in [1.29, 1.82) is 0 Å². The maximum atomic E-state index is 13.7. The largest absolute Gasteiger partial charge is 0.460 e. The standard InChI is InChI=1S/C17H17F5O2/c1-7(18)5-10-11(17(10,3)4)16(23)24-6-9-14(21)12(19)8(2)13(20)15(9)22/h5,10-11H,6H2,1-4H3/b7-5-/t10-,11+/m1/s1. The molecule has 0 heterocycles. The summed E-state index contributed by atoms with van der Waals surface area (Å²) in [5, 5.41) is 0. The molecule has 0 radical (unpaired) electrons. The summed E-state index contributed by atoms with van der Waals surface area (Å²) in [6.45, 7) is 4.63. The highest BCUT2D eigenvalue weighted by atomic mass is 19.2. The van der Waals surface area contributed by atoms with Crippen molar-refractivity contribution in [1.82, 2.24) is 0 Å². The van der Waals surface area contributed by atoms with E-state index < -0.39 is 70.0 Å². The van der Waals surface area contributed by atoms with Crippen molar-refractivity contribution in [3.05, 3.63) is 46.3 Å². The van der Waals surface area contributed by atoms with E-state index in [9.17, 15) is 26.7 Å². The minimum Gasteiger partial charge on any atom is -0.460 e. The summed E-state index contributed by atoms with van der Waals surface area (Å²) in [4.78, 5) is 12.0. The molecule has 7 heteroatoms. The Labute approximate surface area is 136 Å². The predicted octanol–water partition coefficient (Wildman–Crippen LogP) is 4.74. The van der Waals surface area contributed by atoms with Crippen LogP contribution < -0.4 is 0 Å². The van der Waals surface area contributed by atoms with Crippen molar-refractivity contribution in [3.8, 4) is 0 Å². The normalized spacial score (nSPS) is 22.5. The third kappa shape index (κ3) is 3.03. The Balaban J connectivity index is 2.16. The van der Waals surface area contributed by atoms with Gasteiger partial charge in [0, 0.05) is 5.56 Å². The number of ether oxygens (including phenoxy) is 1. The van der Waals surface area contributed by atoms with E-state index in [1.807, 2.05) is 0 Å². The molecular weight excluding hydrogens is 331 g/mol. The van der Waals surface area contributed by atoms with Crippen LogP contribution in [0.4, 0.5) is 22.0 Å². The van der Waals surface area contributed by atoms with Crippen LogP contribution in [0.25, 0.3) is 0 Å². The molecule has 2 atom stereocenters.